The summed E-state index contributed by atoms with van der Waals surface area (Å²) >= 11 is 3.08. The molecule has 130 valence electrons. The number of nitrogens with one attached hydrogen (secondary N) is 1. The van der Waals surface area contributed by atoms with E-state index in [0.29, 0.717) is 6.54 Å². The molecule has 7 heteroatoms. The Morgan fingerprint density at radius 1 is 1.24 bits per heavy atom. The van der Waals surface area contributed by atoms with Crippen LogP contribution in [0.3, 0.4) is 0 Å². The van der Waals surface area contributed by atoms with Crippen LogP contribution in [0.15, 0.2) is 53.0 Å². The van der Waals surface area contributed by atoms with Gasteiger partial charge in [0.25, 0.3) is 0 Å². The smallest absolute Gasteiger partial charge is 0.233 e. The fourth-order valence-corrected chi connectivity index (χ4v) is 4.04. The zero-order valence-electron chi connectivity index (χ0n) is 14.2. The van der Waals surface area contributed by atoms with Crippen LogP contribution in [0.2, 0.25) is 0 Å². The van der Waals surface area contributed by atoms with Gasteiger partial charge in [0, 0.05) is 13.1 Å². The Kier molecular flexibility index (Phi) is 5.88. The summed E-state index contributed by atoms with van der Waals surface area (Å²) in [6, 6.07) is 13.9. The van der Waals surface area contributed by atoms with Crippen molar-refractivity contribution in [1.29, 1.82) is 0 Å². The maximum Gasteiger partial charge on any atom is 0.233 e. The third-order valence-electron chi connectivity index (χ3n) is 3.74. The van der Waals surface area contributed by atoms with Gasteiger partial charge in [0.1, 0.15) is 0 Å². The van der Waals surface area contributed by atoms with Crippen LogP contribution < -0.4 is 5.32 Å². The maximum atomic E-state index is 12.4. The van der Waals surface area contributed by atoms with E-state index in [1.807, 2.05) is 54.8 Å². The molecule has 0 saturated heterocycles. The van der Waals surface area contributed by atoms with E-state index < -0.39 is 0 Å². The SMILES string of the molecule is CCn1c(S[C@H](C)C(=O)NCc2ccccc2)nnc1-c1cccs1. The highest BCUT2D eigenvalue weighted by Crippen LogP contribution is 2.29. The fourth-order valence-electron chi connectivity index (χ4n) is 2.39. The molecule has 5 nitrogen and oxygen atoms in total. The van der Waals surface area contributed by atoms with E-state index in [2.05, 4.69) is 27.0 Å². The van der Waals surface area contributed by atoms with Gasteiger partial charge in [-0.1, -0.05) is 48.2 Å². The summed E-state index contributed by atoms with van der Waals surface area (Å²) in [7, 11) is 0. The van der Waals surface area contributed by atoms with Gasteiger partial charge in [-0.2, -0.15) is 0 Å². The molecule has 2 heterocycles. The van der Waals surface area contributed by atoms with E-state index in [1.54, 1.807) is 11.3 Å². The van der Waals surface area contributed by atoms with Gasteiger partial charge < -0.3 is 9.88 Å². The lowest BCUT2D eigenvalue weighted by Crippen LogP contribution is -2.30. The van der Waals surface area contributed by atoms with Gasteiger partial charge in [-0.15, -0.1) is 21.5 Å². The summed E-state index contributed by atoms with van der Waals surface area (Å²) in [5, 5.41) is 14.1. The van der Waals surface area contributed by atoms with Crippen molar-refractivity contribution in [2.24, 2.45) is 0 Å². The number of hydrogen-bond acceptors (Lipinski definition) is 5. The molecule has 0 aliphatic rings. The Labute approximate surface area is 155 Å². The first kappa shape index (κ1) is 17.7. The Morgan fingerprint density at radius 3 is 2.72 bits per heavy atom. The molecule has 25 heavy (non-hydrogen) atoms. The zero-order valence-corrected chi connectivity index (χ0v) is 15.8. The summed E-state index contributed by atoms with van der Waals surface area (Å²) in [6.07, 6.45) is 0. The predicted octanol–water partition coefficient (Wildman–Crippen LogP) is 3.82. The minimum Gasteiger partial charge on any atom is -0.351 e. The Hall–Kier alpha value is -2.12. The van der Waals surface area contributed by atoms with E-state index in [9.17, 15) is 4.79 Å². The van der Waals surface area contributed by atoms with Crippen LogP contribution in [0.5, 0.6) is 0 Å². The van der Waals surface area contributed by atoms with E-state index in [1.165, 1.54) is 11.8 Å². The molecule has 2 aromatic heterocycles. The van der Waals surface area contributed by atoms with Gasteiger partial charge in [-0.25, -0.2) is 0 Å². The lowest BCUT2D eigenvalue weighted by molar-refractivity contribution is -0.120. The topological polar surface area (TPSA) is 59.8 Å². The molecule has 0 saturated carbocycles. The number of carbonyl (C=O) groups excluding carboxylic acids is 1. The lowest BCUT2D eigenvalue weighted by atomic mass is 10.2. The molecule has 0 unspecified atom stereocenters. The summed E-state index contributed by atoms with van der Waals surface area (Å²) in [5.41, 5.74) is 1.09. The first-order chi connectivity index (χ1) is 12.2. The van der Waals surface area contributed by atoms with Crippen molar-refractivity contribution < 1.29 is 4.79 Å². The van der Waals surface area contributed by atoms with Crippen LogP contribution in [0.4, 0.5) is 0 Å². The van der Waals surface area contributed by atoms with E-state index in [0.717, 1.165) is 28.0 Å². The van der Waals surface area contributed by atoms with E-state index >= 15 is 0 Å². The molecule has 0 spiro atoms. The molecule has 0 aliphatic heterocycles. The van der Waals surface area contributed by atoms with Gasteiger partial charge in [-0.05, 0) is 30.9 Å². The van der Waals surface area contributed by atoms with Crippen LogP contribution in [-0.4, -0.2) is 25.9 Å². The highest BCUT2D eigenvalue weighted by molar-refractivity contribution is 8.00. The predicted molar refractivity (Wildman–Crippen MR) is 103 cm³/mol. The molecule has 1 N–H and O–H groups in total. The van der Waals surface area contributed by atoms with Gasteiger partial charge in [0.2, 0.25) is 5.91 Å². The second-order valence-electron chi connectivity index (χ2n) is 5.49. The summed E-state index contributed by atoms with van der Waals surface area (Å²) < 4.78 is 2.05. The monoisotopic (exact) mass is 372 g/mol. The van der Waals surface area contributed by atoms with Gasteiger partial charge in [0.15, 0.2) is 11.0 Å². The third kappa shape index (κ3) is 4.29. The van der Waals surface area contributed by atoms with Crippen molar-refractivity contribution in [3.63, 3.8) is 0 Å². The van der Waals surface area contributed by atoms with Gasteiger partial charge in [-0.3, -0.25) is 4.79 Å². The average Bonchev–Trinajstić information content (AvgIpc) is 3.29. The zero-order chi connectivity index (χ0) is 17.6. The number of rotatable bonds is 7. The first-order valence-electron chi connectivity index (χ1n) is 8.14. The molecule has 1 amide bonds. The number of aromatic nitrogens is 3. The molecule has 3 rings (SSSR count). The van der Waals surface area contributed by atoms with Crippen molar-refractivity contribution in [1.82, 2.24) is 20.1 Å². The molecule has 0 fully saturated rings. The average molecular weight is 373 g/mol. The minimum atomic E-state index is -0.241. The quantitative estimate of drug-likeness (QED) is 0.641. The molecule has 0 radical (unpaired) electrons. The van der Waals surface area contributed by atoms with Crippen molar-refractivity contribution >= 4 is 29.0 Å². The van der Waals surface area contributed by atoms with Crippen LogP contribution in [0.25, 0.3) is 10.7 Å². The highest BCUT2D eigenvalue weighted by atomic mass is 32.2. The minimum absolute atomic E-state index is 0.00261. The maximum absolute atomic E-state index is 12.4. The molecular formula is C18H20N4OS2. The molecular weight excluding hydrogens is 352 g/mol. The van der Waals surface area contributed by atoms with Crippen molar-refractivity contribution in [3.8, 4) is 10.7 Å². The van der Waals surface area contributed by atoms with Crippen molar-refractivity contribution in [2.75, 3.05) is 0 Å². The van der Waals surface area contributed by atoms with E-state index in [4.69, 9.17) is 0 Å². The molecule has 1 atom stereocenters. The van der Waals surface area contributed by atoms with Gasteiger partial charge >= 0.3 is 0 Å². The number of thiophene rings is 1. The van der Waals surface area contributed by atoms with Crippen LogP contribution in [0, 0.1) is 0 Å². The molecule has 0 aliphatic carbocycles. The molecule has 0 bridgehead atoms. The van der Waals surface area contributed by atoms with E-state index in [-0.39, 0.29) is 11.2 Å². The highest BCUT2D eigenvalue weighted by Gasteiger charge is 2.20. The number of nitrogens with zero attached hydrogens (tertiary/aromatic N) is 3. The molecule has 1 aromatic carbocycles. The van der Waals surface area contributed by atoms with Gasteiger partial charge in [0.05, 0.1) is 10.1 Å². The van der Waals surface area contributed by atoms with Crippen molar-refractivity contribution in [3.05, 3.63) is 53.4 Å². The number of amides is 1. The largest absolute Gasteiger partial charge is 0.351 e. The Bertz CT molecular complexity index is 815. The first-order valence-corrected chi connectivity index (χ1v) is 9.90. The second-order valence-corrected chi connectivity index (χ2v) is 7.75. The number of hydrogen-bond donors (Lipinski definition) is 1. The fraction of sp³-hybridized carbons (Fsp3) is 0.278. The van der Waals surface area contributed by atoms with Crippen LogP contribution >= 0.6 is 23.1 Å². The normalized spacial score (nSPS) is 12.1. The number of thioether (sulfide) groups is 1. The Morgan fingerprint density at radius 2 is 2.04 bits per heavy atom. The van der Waals surface area contributed by atoms with Crippen LogP contribution in [-0.2, 0) is 17.9 Å². The summed E-state index contributed by atoms with van der Waals surface area (Å²) in [5.74, 6) is 0.856. The van der Waals surface area contributed by atoms with Crippen molar-refractivity contribution in [2.45, 2.75) is 37.3 Å². The third-order valence-corrected chi connectivity index (χ3v) is 5.68. The number of carbonyl (C=O) groups is 1. The summed E-state index contributed by atoms with van der Waals surface area (Å²) in [4.78, 5) is 13.5. The molecule has 3 aromatic rings. The lowest BCUT2D eigenvalue weighted by Gasteiger charge is -2.12. The summed E-state index contributed by atoms with van der Waals surface area (Å²) in [6.45, 7) is 5.25. The Balaban J connectivity index is 1.64. The van der Waals surface area contributed by atoms with Crippen LogP contribution in [0.1, 0.15) is 19.4 Å². The second kappa shape index (κ2) is 8.31. The number of benzene rings is 1. The standard InChI is InChI=1S/C18H20N4OS2/c1-3-22-16(15-10-7-11-24-15)20-21-18(22)25-13(2)17(23)19-12-14-8-5-4-6-9-14/h4-11,13H,3,12H2,1-2H3,(H,19,23)/t13-/m1/s1.